The van der Waals surface area contributed by atoms with Crippen molar-refractivity contribution in [3.63, 3.8) is 0 Å². The number of likely N-dealkylation sites (N-methyl/N-ethyl adjacent to an activating group) is 1. The summed E-state index contributed by atoms with van der Waals surface area (Å²) < 4.78 is 0. The highest BCUT2D eigenvalue weighted by Crippen LogP contribution is 2.10. The van der Waals surface area contributed by atoms with Gasteiger partial charge in [0.2, 0.25) is 5.91 Å². The average molecular weight is 276 g/mol. The Kier molecular flexibility index (Phi) is 4.68. The van der Waals surface area contributed by atoms with E-state index in [0.29, 0.717) is 31.9 Å². The minimum atomic E-state index is -0.474. The van der Waals surface area contributed by atoms with E-state index >= 15 is 0 Å². The normalized spacial score (nSPS) is 18.7. The molecule has 1 fully saturated rings. The predicted molar refractivity (Wildman–Crippen MR) is 75.4 cm³/mol. The van der Waals surface area contributed by atoms with E-state index in [9.17, 15) is 9.59 Å². The van der Waals surface area contributed by atoms with Crippen molar-refractivity contribution in [1.82, 2.24) is 20.5 Å². The zero-order valence-corrected chi connectivity index (χ0v) is 11.8. The minimum Gasteiger partial charge on any atom is -0.355 e. The van der Waals surface area contributed by atoms with Crippen LogP contribution < -0.4 is 10.6 Å². The highest BCUT2D eigenvalue weighted by atomic mass is 16.2. The van der Waals surface area contributed by atoms with Gasteiger partial charge in [-0.2, -0.15) is 0 Å². The molecule has 108 valence electrons. The largest absolute Gasteiger partial charge is 0.355 e. The zero-order valence-electron chi connectivity index (χ0n) is 11.8. The summed E-state index contributed by atoms with van der Waals surface area (Å²) in [6, 6.07) is 4.86. The maximum atomic E-state index is 12.5. The van der Waals surface area contributed by atoms with Crippen LogP contribution in [0.15, 0.2) is 18.2 Å². The molecular formula is C14H20N4O2. The van der Waals surface area contributed by atoms with E-state index < -0.39 is 6.04 Å². The second kappa shape index (κ2) is 6.47. The lowest BCUT2D eigenvalue weighted by molar-refractivity contribution is -0.126. The molecule has 0 aromatic carbocycles. The monoisotopic (exact) mass is 276 g/mol. The first-order valence-corrected chi connectivity index (χ1v) is 6.86. The molecule has 1 saturated heterocycles. The van der Waals surface area contributed by atoms with E-state index in [4.69, 9.17) is 0 Å². The number of hydrogen-bond acceptors (Lipinski definition) is 4. The van der Waals surface area contributed by atoms with Crippen molar-refractivity contribution in [3.05, 3.63) is 29.6 Å². The van der Waals surface area contributed by atoms with Crippen molar-refractivity contribution < 1.29 is 9.59 Å². The Labute approximate surface area is 118 Å². The van der Waals surface area contributed by atoms with Gasteiger partial charge in [-0.05, 0) is 26.0 Å². The first-order valence-electron chi connectivity index (χ1n) is 6.86. The number of hydrogen-bond donors (Lipinski definition) is 2. The van der Waals surface area contributed by atoms with Crippen LogP contribution in [0.5, 0.6) is 0 Å². The third kappa shape index (κ3) is 3.14. The molecule has 2 heterocycles. The van der Waals surface area contributed by atoms with Crippen molar-refractivity contribution in [2.45, 2.75) is 19.9 Å². The number of carbonyl (C=O) groups excluding carboxylic acids is 2. The van der Waals surface area contributed by atoms with Gasteiger partial charge in [-0.25, -0.2) is 4.98 Å². The van der Waals surface area contributed by atoms with Gasteiger partial charge in [-0.1, -0.05) is 6.07 Å². The van der Waals surface area contributed by atoms with Gasteiger partial charge in [0.1, 0.15) is 11.7 Å². The maximum Gasteiger partial charge on any atom is 0.273 e. The summed E-state index contributed by atoms with van der Waals surface area (Å²) >= 11 is 0. The van der Waals surface area contributed by atoms with Crippen LogP contribution in [0.4, 0.5) is 0 Å². The van der Waals surface area contributed by atoms with Gasteiger partial charge in [-0.15, -0.1) is 0 Å². The minimum absolute atomic E-state index is 0.124. The molecule has 0 radical (unpaired) electrons. The van der Waals surface area contributed by atoms with Gasteiger partial charge < -0.3 is 15.5 Å². The van der Waals surface area contributed by atoms with Gasteiger partial charge >= 0.3 is 0 Å². The Morgan fingerprint density at radius 1 is 1.50 bits per heavy atom. The molecule has 1 atom stereocenters. The molecule has 1 unspecified atom stereocenters. The molecule has 1 aliphatic rings. The number of amides is 2. The lowest BCUT2D eigenvalue weighted by Gasteiger charge is -2.34. The second-order valence-electron chi connectivity index (χ2n) is 4.78. The Balaban J connectivity index is 2.19. The zero-order chi connectivity index (χ0) is 14.5. The molecule has 0 bridgehead atoms. The summed E-state index contributed by atoms with van der Waals surface area (Å²) in [7, 11) is 0. The molecule has 0 spiro atoms. The highest BCUT2D eigenvalue weighted by molar-refractivity contribution is 5.96. The number of nitrogens with zero attached hydrogens (tertiary/aromatic N) is 2. The molecule has 20 heavy (non-hydrogen) atoms. The summed E-state index contributed by atoms with van der Waals surface area (Å²) in [5.41, 5.74) is 1.18. The highest BCUT2D eigenvalue weighted by Gasteiger charge is 2.32. The van der Waals surface area contributed by atoms with E-state index in [2.05, 4.69) is 15.6 Å². The van der Waals surface area contributed by atoms with Crippen LogP contribution in [0.3, 0.4) is 0 Å². The summed E-state index contributed by atoms with van der Waals surface area (Å²) in [5.74, 6) is -0.313. The van der Waals surface area contributed by atoms with Gasteiger partial charge in [-0.3, -0.25) is 9.59 Å². The summed E-state index contributed by atoms with van der Waals surface area (Å²) in [6.45, 7) is 5.94. The Bertz CT molecular complexity index is 504. The van der Waals surface area contributed by atoms with Crippen molar-refractivity contribution >= 4 is 11.8 Å². The second-order valence-corrected chi connectivity index (χ2v) is 4.78. The van der Waals surface area contributed by atoms with Crippen LogP contribution in [0.1, 0.15) is 23.1 Å². The summed E-state index contributed by atoms with van der Waals surface area (Å²) in [6.07, 6.45) is 0. The quantitative estimate of drug-likeness (QED) is 0.811. The van der Waals surface area contributed by atoms with Gasteiger partial charge in [0.25, 0.3) is 5.91 Å². The lowest BCUT2D eigenvalue weighted by Crippen LogP contribution is -2.59. The fraction of sp³-hybridized carbons (Fsp3) is 0.500. The number of aromatic nitrogens is 1. The van der Waals surface area contributed by atoms with Crippen LogP contribution in [0.2, 0.25) is 0 Å². The van der Waals surface area contributed by atoms with Gasteiger partial charge in [0.15, 0.2) is 0 Å². The predicted octanol–water partition coefficient (Wildman–Crippen LogP) is -0.0599. The van der Waals surface area contributed by atoms with E-state index in [1.54, 1.807) is 17.0 Å². The number of carbonyl (C=O) groups is 2. The van der Waals surface area contributed by atoms with Crippen molar-refractivity contribution in [3.8, 4) is 0 Å². The average Bonchev–Trinajstić information content (AvgIpc) is 2.47. The number of pyridine rings is 1. The SMILES string of the molecule is CCNC(=O)C1CNCCN1C(=O)c1cccc(C)n1. The van der Waals surface area contributed by atoms with E-state index in [0.717, 1.165) is 5.69 Å². The van der Waals surface area contributed by atoms with Crippen LogP contribution in [0, 0.1) is 6.92 Å². The van der Waals surface area contributed by atoms with Crippen LogP contribution in [-0.4, -0.2) is 53.9 Å². The Morgan fingerprint density at radius 2 is 2.30 bits per heavy atom. The van der Waals surface area contributed by atoms with E-state index in [1.807, 2.05) is 19.9 Å². The molecule has 0 saturated carbocycles. The number of aryl methyl sites for hydroxylation is 1. The molecule has 2 N–H and O–H groups in total. The topological polar surface area (TPSA) is 74.3 Å². The summed E-state index contributed by atoms with van der Waals surface area (Å²) in [5, 5.41) is 5.92. The van der Waals surface area contributed by atoms with Gasteiger partial charge in [0.05, 0.1) is 0 Å². The van der Waals surface area contributed by atoms with Crippen LogP contribution in [0.25, 0.3) is 0 Å². The fourth-order valence-corrected chi connectivity index (χ4v) is 2.28. The van der Waals surface area contributed by atoms with Crippen LogP contribution in [-0.2, 0) is 4.79 Å². The van der Waals surface area contributed by atoms with Crippen LogP contribution >= 0.6 is 0 Å². The molecule has 6 nitrogen and oxygen atoms in total. The lowest BCUT2D eigenvalue weighted by atomic mass is 10.1. The molecule has 1 aliphatic heterocycles. The molecule has 6 heteroatoms. The smallest absolute Gasteiger partial charge is 0.273 e. The number of rotatable bonds is 3. The fourth-order valence-electron chi connectivity index (χ4n) is 2.28. The molecule has 2 rings (SSSR count). The maximum absolute atomic E-state index is 12.5. The van der Waals surface area contributed by atoms with Gasteiger partial charge in [0, 0.05) is 31.9 Å². The molecule has 0 aliphatic carbocycles. The van der Waals surface area contributed by atoms with Crippen molar-refractivity contribution in [2.24, 2.45) is 0 Å². The third-order valence-corrected chi connectivity index (χ3v) is 3.27. The van der Waals surface area contributed by atoms with Crippen molar-refractivity contribution in [1.29, 1.82) is 0 Å². The third-order valence-electron chi connectivity index (χ3n) is 3.27. The Morgan fingerprint density at radius 3 is 3.00 bits per heavy atom. The van der Waals surface area contributed by atoms with E-state index in [1.165, 1.54) is 0 Å². The first kappa shape index (κ1) is 14.5. The Hall–Kier alpha value is -1.95. The standard InChI is InChI=1S/C14H20N4O2/c1-3-16-13(19)12-9-15-7-8-18(12)14(20)11-6-4-5-10(2)17-11/h4-6,12,15H,3,7-9H2,1-2H3,(H,16,19). The molecule has 1 aromatic rings. The molecule has 2 amide bonds. The van der Waals surface area contributed by atoms with Crippen molar-refractivity contribution in [2.75, 3.05) is 26.2 Å². The molecule has 1 aromatic heterocycles. The first-order chi connectivity index (χ1) is 9.63. The number of nitrogens with one attached hydrogen (secondary N) is 2. The number of piperazine rings is 1. The van der Waals surface area contributed by atoms with E-state index in [-0.39, 0.29) is 11.8 Å². The molecular weight excluding hydrogens is 256 g/mol. The summed E-state index contributed by atoms with van der Waals surface area (Å²) in [4.78, 5) is 30.4.